The largest absolute Gasteiger partial charge is 0.346 e. The molecule has 1 aromatic heterocycles. The van der Waals surface area contributed by atoms with E-state index in [-0.39, 0.29) is 10.1 Å². The Hall–Kier alpha value is -2.22. The number of nitrogens with zero attached hydrogens (tertiary/aromatic N) is 4. The van der Waals surface area contributed by atoms with Crippen LogP contribution in [0.25, 0.3) is 0 Å². The van der Waals surface area contributed by atoms with Crippen molar-refractivity contribution in [1.82, 2.24) is 19.7 Å². The van der Waals surface area contributed by atoms with E-state index in [2.05, 4.69) is 10.1 Å². The SMILES string of the molecule is CCN(CC)C(=O)n1cnc(S(=O)(=O)c2ccc(C)cc2C)n1. The average molecular weight is 336 g/mol. The van der Waals surface area contributed by atoms with E-state index in [1.807, 2.05) is 20.8 Å². The maximum absolute atomic E-state index is 12.6. The lowest BCUT2D eigenvalue weighted by molar-refractivity contribution is 0.201. The van der Waals surface area contributed by atoms with Gasteiger partial charge >= 0.3 is 6.03 Å². The van der Waals surface area contributed by atoms with Crippen LogP contribution in [-0.2, 0) is 9.84 Å². The minimum atomic E-state index is -3.85. The maximum atomic E-state index is 12.6. The average Bonchev–Trinajstić information content (AvgIpc) is 2.98. The topological polar surface area (TPSA) is 85.2 Å². The molecule has 0 fully saturated rings. The standard InChI is InChI=1S/C15H20N4O3S/c1-5-18(6-2)15(20)19-10-16-14(17-19)23(21,22)13-8-7-11(3)9-12(13)4/h7-10H,5-6H2,1-4H3. The summed E-state index contributed by atoms with van der Waals surface area (Å²) in [6.07, 6.45) is 1.14. The fraction of sp³-hybridized carbons (Fsp3) is 0.400. The Morgan fingerprint density at radius 2 is 1.87 bits per heavy atom. The summed E-state index contributed by atoms with van der Waals surface area (Å²) in [5, 5.41) is 3.49. The van der Waals surface area contributed by atoms with Gasteiger partial charge in [0.15, 0.2) is 0 Å². The number of aryl methyl sites for hydroxylation is 2. The number of carbonyl (C=O) groups excluding carboxylic acids is 1. The zero-order valence-corrected chi connectivity index (χ0v) is 14.5. The van der Waals surface area contributed by atoms with Gasteiger partial charge in [-0.15, -0.1) is 5.10 Å². The minimum Gasteiger partial charge on any atom is -0.323 e. The number of hydrogen-bond acceptors (Lipinski definition) is 5. The van der Waals surface area contributed by atoms with Crippen molar-refractivity contribution in [3.63, 3.8) is 0 Å². The van der Waals surface area contributed by atoms with Gasteiger partial charge in [-0.3, -0.25) is 0 Å². The first-order valence-corrected chi connectivity index (χ1v) is 8.82. The molecule has 0 saturated carbocycles. The van der Waals surface area contributed by atoms with Gasteiger partial charge in [-0.25, -0.2) is 18.2 Å². The van der Waals surface area contributed by atoms with Gasteiger partial charge < -0.3 is 4.90 Å². The van der Waals surface area contributed by atoms with E-state index < -0.39 is 15.9 Å². The highest BCUT2D eigenvalue weighted by atomic mass is 32.2. The Bertz CT molecular complexity index is 823. The van der Waals surface area contributed by atoms with E-state index >= 15 is 0 Å². The van der Waals surface area contributed by atoms with Crippen molar-refractivity contribution >= 4 is 15.9 Å². The van der Waals surface area contributed by atoms with Crippen LogP contribution in [0.3, 0.4) is 0 Å². The van der Waals surface area contributed by atoms with E-state index in [9.17, 15) is 13.2 Å². The second-order valence-electron chi connectivity index (χ2n) is 5.20. The Labute approximate surface area is 135 Å². The van der Waals surface area contributed by atoms with Gasteiger partial charge in [0.1, 0.15) is 6.33 Å². The molecule has 0 aliphatic rings. The van der Waals surface area contributed by atoms with Crippen LogP contribution in [0.4, 0.5) is 4.79 Å². The smallest absolute Gasteiger partial charge is 0.323 e. The molecular weight excluding hydrogens is 316 g/mol. The van der Waals surface area contributed by atoms with E-state index in [1.54, 1.807) is 19.1 Å². The first kappa shape index (κ1) is 17.1. The van der Waals surface area contributed by atoms with Gasteiger partial charge in [0.25, 0.3) is 5.16 Å². The van der Waals surface area contributed by atoms with E-state index in [0.717, 1.165) is 16.6 Å². The first-order valence-electron chi connectivity index (χ1n) is 7.34. The molecule has 0 bridgehead atoms. The summed E-state index contributed by atoms with van der Waals surface area (Å²) in [5.41, 5.74) is 1.59. The number of sulfone groups is 1. The number of amides is 1. The summed E-state index contributed by atoms with van der Waals surface area (Å²) >= 11 is 0. The number of rotatable bonds is 4. The normalized spacial score (nSPS) is 11.5. The fourth-order valence-electron chi connectivity index (χ4n) is 2.30. The molecule has 0 N–H and O–H groups in total. The van der Waals surface area contributed by atoms with Crippen LogP contribution in [0.5, 0.6) is 0 Å². The number of aromatic nitrogens is 3. The molecular formula is C15H20N4O3S. The summed E-state index contributed by atoms with van der Waals surface area (Å²) in [6.45, 7) is 8.30. The highest BCUT2D eigenvalue weighted by Crippen LogP contribution is 2.22. The van der Waals surface area contributed by atoms with Gasteiger partial charge in [-0.2, -0.15) is 4.68 Å². The van der Waals surface area contributed by atoms with Crippen molar-refractivity contribution in [3.05, 3.63) is 35.7 Å². The molecule has 0 atom stereocenters. The van der Waals surface area contributed by atoms with Gasteiger partial charge in [0.2, 0.25) is 9.84 Å². The maximum Gasteiger partial charge on any atom is 0.346 e. The third-order valence-corrected chi connectivity index (χ3v) is 5.27. The Morgan fingerprint density at radius 1 is 1.22 bits per heavy atom. The predicted octanol–water partition coefficient (Wildman–Crippen LogP) is 2.04. The highest BCUT2D eigenvalue weighted by Gasteiger charge is 2.26. The second-order valence-corrected chi connectivity index (χ2v) is 7.01. The molecule has 2 aromatic rings. The van der Waals surface area contributed by atoms with Crippen LogP contribution in [0.1, 0.15) is 25.0 Å². The van der Waals surface area contributed by atoms with Crippen molar-refractivity contribution in [1.29, 1.82) is 0 Å². The van der Waals surface area contributed by atoms with Crippen LogP contribution in [-0.4, -0.2) is 47.2 Å². The van der Waals surface area contributed by atoms with Crippen molar-refractivity contribution in [2.45, 2.75) is 37.7 Å². The number of benzene rings is 1. The van der Waals surface area contributed by atoms with Crippen molar-refractivity contribution in [2.24, 2.45) is 0 Å². The molecule has 23 heavy (non-hydrogen) atoms. The van der Waals surface area contributed by atoms with E-state index in [0.29, 0.717) is 18.7 Å². The van der Waals surface area contributed by atoms with Gasteiger partial charge in [-0.1, -0.05) is 17.7 Å². The van der Waals surface area contributed by atoms with Crippen LogP contribution in [0.2, 0.25) is 0 Å². The minimum absolute atomic E-state index is 0.149. The lowest BCUT2D eigenvalue weighted by Gasteiger charge is -2.17. The quantitative estimate of drug-likeness (QED) is 0.853. The predicted molar refractivity (Wildman–Crippen MR) is 85.1 cm³/mol. The molecule has 0 unspecified atom stereocenters. The molecule has 1 amide bonds. The molecule has 1 heterocycles. The van der Waals surface area contributed by atoms with Gasteiger partial charge in [0, 0.05) is 13.1 Å². The molecule has 1 aromatic carbocycles. The second kappa shape index (κ2) is 6.49. The zero-order valence-electron chi connectivity index (χ0n) is 13.6. The zero-order chi connectivity index (χ0) is 17.2. The summed E-state index contributed by atoms with van der Waals surface area (Å²) in [7, 11) is -3.85. The van der Waals surface area contributed by atoms with E-state index in [4.69, 9.17) is 0 Å². The number of carbonyl (C=O) groups is 1. The summed E-state index contributed by atoms with van der Waals surface area (Å²) < 4.78 is 26.3. The lowest BCUT2D eigenvalue weighted by atomic mass is 10.2. The van der Waals surface area contributed by atoms with Crippen LogP contribution >= 0.6 is 0 Å². The monoisotopic (exact) mass is 336 g/mol. The summed E-state index contributed by atoms with van der Waals surface area (Å²) in [4.78, 5) is 17.7. The summed E-state index contributed by atoms with van der Waals surface area (Å²) in [5.74, 6) is 0. The molecule has 8 heteroatoms. The number of hydrogen-bond donors (Lipinski definition) is 0. The molecule has 7 nitrogen and oxygen atoms in total. The van der Waals surface area contributed by atoms with Crippen LogP contribution in [0.15, 0.2) is 34.6 Å². The molecule has 124 valence electrons. The van der Waals surface area contributed by atoms with Crippen LogP contribution in [0, 0.1) is 13.8 Å². The highest BCUT2D eigenvalue weighted by molar-refractivity contribution is 7.91. The van der Waals surface area contributed by atoms with Crippen molar-refractivity contribution in [2.75, 3.05) is 13.1 Å². The third kappa shape index (κ3) is 3.26. The van der Waals surface area contributed by atoms with E-state index in [1.165, 1.54) is 11.0 Å². The third-order valence-electron chi connectivity index (χ3n) is 3.56. The molecule has 0 aliphatic carbocycles. The van der Waals surface area contributed by atoms with Gasteiger partial charge in [-0.05, 0) is 39.3 Å². The first-order chi connectivity index (χ1) is 10.8. The van der Waals surface area contributed by atoms with Gasteiger partial charge in [0.05, 0.1) is 4.90 Å². The molecule has 0 aliphatic heterocycles. The summed E-state index contributed by atoms with van der Waals surface area (Å²) in [6, 6.07) is 4.64. The van der Waals surface area contributed by atoms with Crippen molar-refractivity contribution in [3.8, 4) is 0 Å². The van der Waals surface area contributed by atoms with Crippen molar-refractivity contribution < 1.29 is 13.2 Å². The lowest BCUT2D eigenvalue weighted by Crippen LogP contribution is -2.34. The Kier molecular flexibility index (Phi) is 4.84. The molecule has 0 radical (unpaired) electrons. The fourth-order valence-corrected chi connectivity index (χ4v) is 3.61. The van der Waals surface area contributed by atoms with Crippen LogP contribution < -0.4 is 0 Å². The Balaban J connectivity index is 2.41. The Morgan fingerprint density at radius 3 is 2.43 bits per heavy atom. The molecule has 2 rings (SSSR count). The molecule has 0 saturated heterocycles. The molecule has 0 spiro atoms.